The predicted molar refractivity (Wildman–Crippen MR) is 37.6 cm³/mol. The van der Waals surface area contributed by atoms with Crippen LogP contribution in [0.2, 0.25) is 0 Å². The second kappa shape index (κ2) is 10.7. The van der Waals surface area contributed by atoms with Gasteiger partial charge >= 0.3 is 73.3 Å². The van der Waals surface area contributed by atoms with Crippen LogP contribution in [0.3, 0.4) is 0 Å². The van der Waals surface area contributed by atoms with Crippen LogP contribution in [0.5, 0.6) is 0 Å². The average Bonchev–Trinajstić information content (AvgIpc) is 1.82. The van der Waals surface area contributed by atoms with Gasteiger partial charge in [-0.3, -0.25) is 0 Å². The predicted octanol–water partition coefficient (Wildman–Crippen LogP) is -10.3. The van der Waals surface area contributed by atoms with Gasteiger partial charge in [-0.1, -0.05) is 0 Å². The average molecular weight is 272 g/mol. The van der Waals surface area contributed by atoms with E-state index < -0.39 is 36.4 Å². The quantitative estimate of drug-likeness (QED) is 0.474. The van der Waals surface area contributed by atoms with Gasteiger partial charge in [-0.25, -0.2) is 4.79 Å². The van der Waals surface area contributed by atoms with Crippen LogP contribution >= 0.6 is 0 Å². The molecule has 0 atom stereocenters. The first-order chi connectivity index (χ1) is 5.78. The Bertz CT molecular complexity index is 243. The molecule has 0 aromatic rings. The van der Waals surface area contributed by atoms with Crippen molar-refractivity contribution in [1.82, 2.24) is 0 Å². The van der Waals surface area contributed by atoms with Crippen LogP contribution in [-0.4, -0.2) is 71.5 Å². The van der Waals surface area contributed by atoms with E-state index in [4.69, 9.17) is 10.2 Å². The Morgan fingerprint density at radius 2 is 1.31 bits per heavy atom. The van der Waals surface area contributed by atoms with Crippen molar-refractivity contribution in [2.24, 2.45) is 0 Å². The Labute approximate surface area is 141 Å². The van der Waals surface area contributed by atoms with Gasteiger partial charge in [0.15, 0.2) is 5.60 Å². The minimum absolute atomic E-state index is 0. The van der Waals surface area contributed by atoms with Crippen molar-refractivity contribution < 1.29 is 69.1 Å². The smallest absolute Gasteiger partial charge is 1.00 e. The molecule has 0 heterocycles. The Kier molecular flexibility index (Phi) is 17.0. The third-order valence-corrected chi connectivity index (χ3v) is 1.27. The van der Waals surface area contributed by atoms with E-state index in [9.17, 15) is 24.6 Å². The molecule has 0 bridgehead atoms. The molecule has 0 fully saturated rings. The molecule has 0 amide bonds. The first-order valence-electron chi connectivity index (χ1n) is 3.13. The fourth-order valence-electron chi connectivity index (χ4n) is 0.691. The molecule has 0 rings (SSSR count). The standard InChI is InChI=1S/C6H8O7.Ca.FH.Na/c7-3(8)1-6(13,5(11)12)2-4(9)10;;;/h13H,1-2H2,(H,7,8)(H,9,10)(H,11,12);;1H;/q;+2;;+1/p-3. The first-order valence-corrected chi connectivity index (χ1v) is 3.13. The van der Waals surface area contributed by atoms with E-state index in [1.165, 1.54) is 0 Å². The maximum absolute atomic E-state index is 10.3. The van der Waals surface area contributed by atoms with Crippen molar-refractivity contribution in [2.75, 3.05) is 0 Å². The number of rotatable bonds is 5. The summed E-state index contributed by atoms with van der Waals surface area (Å²) in [6.45, 7) is 0. The number of hydrogen-bond acceptors (Lipinski definition) is 6. The zero-order valence-corrected chi connectivity index (χ0v) is 12.6. The summed E-state index contributed by atoms with van der Waals surface area (Å²) in [6.07, 6.45) is -2.59. The fraction of sp³-hybridized carbons (Fsp3) is 0.500. The zero-order valence-electron chi connectivity index (χ0n) is 8.43. The van der Waals surface area contributed by atoms with Crippen LogP contribution in [0.15, 0.2) is 0 Å². The Hall–Kier alpha value is 0.560. The van der Waals surface area contributed by atoms with Gasteiger partial charge in [0.05, 0.1) is 0 Å². The minimum Gasteiger partial charge on any atom is -1.00 e. The van der Waals surface area contributed by atoms with Crippen molar-refractivity contribution in [3.05, 3.63) is 0 Å². The summed E-state index contributed by atoms with van der Waals surface area (Å²) in [4.78, 5) is 30.2. The molecule has 10 heteroatoms. The molecule has 7 nitrogen and oxygen atoms in total. The zero-order chi connectivity index (χ0) is 10.6. The van der Waals surface area contributed by atoms with Gasteiger partial charge in [0.1, 0.15) is 0 Å². The number of halogens is 1. The molecule has 82 valence electrons. The number of carbonyl (C=O) groups excluding carboxylic acids is 2. The Morgan fingerprint density at radius 1 is 1.06 bits per heavy atom. The molecular formula is C6H6CaFNaO7. The maximum Gasteiger partial charge on any atom is 2.00 e. The molecule has 0 aromatic heterocycles. The van der Waals surface area contributed by atoms with Crippen LogP contribution in [0, 0.1) is 0 Å². The maximum atomic E-state index is 10.3. The van der Waals surface area contributed by atoms with E-state index in [2.05, 4.69) is 0 Å². The summed E-state index contributed by atoms with van der Waals surface area (Å²) in [5.41, 5.74) is -2.86. The van der Waals surface area contributed by atoms with Crippen molar-refractivity contribution in [3.63, 3.8) is 0 Å². The van der Waals surface area contributed by atoms with E-state index >= 15 is 0 Å². The minimum atomic E-state index is -2.86. The van der Waals surface area contributed by atoms with E-state index in [0.717, 1.165) is 0 Å². The van der Waals surface area contributed by atoms with E-state index in [0.29, 0.717) is 0 Å². The van der Waals surface area contributed by atoms with Gasteiger partial charge < -0.3 is 34.7 Å². The van der Waals surface area contributed by atoms with Gasteiger partial charge in [-0.05, 0) is 0 Å². The van der Waals surface area contributed by atoms with Gasteiger partial charge in [0, 0.05) is 24.8 Å². The van der Waals surface area contributed by atoms with Crippen LogP contribution < -0.4 is 44.5 Å². The SMILES string of the molecule is O=C([O-])CC(O)(CC(=O)[O-])C(=O)O.[Ca+2].[F-].[Na+]. The monoisotopic (exact) mass is 272 g/mol. The second-order valence-electron chi connectivity index (χ2n) is 2.43. The van der Waals surface area contributed by atoms with E-state index in [1.807, 2.05) is 0 Å². The van der Waals surface area contributed by atoms with E-state index in [1.54, 1.807) is 0 Å². The largest absolute Gasteiger partial charge is 2.00 e. The van der Waals surface area contributed by atoms with Crippen molar-refractivity contribution in [1.29, 1.82) is 0 Å². The number of aliphatic carboxylic acids is 3. The first kappa shape index (κ1) is 25.4. The summed E-state index contributed by atoms with van der Waals surface area (Å²) < 4.78 is 0. The molecule has 16 heavy (non-hydrogen) atoms. The molecule has 0 saturated carbocycles. The summed E-state index contributed by atoms with van der Waals surface area (Å²) in [5.74, 6) is -5.65. The third-order valence-electron chi connectivity index (χ3n) is 1.27. The normalized spacial score (nSPS) is 8.81. The van der Waals surface area contributed by atoms with Gasteiger partial charge in [-0.15, -0.1) is 0 Å². The van der Waals surface area contributed by atoms with Crippen molar-refractivity contribution in [2.45, 2.75) is 18.4 Å². The molecule has 0 unspecified atom stereocenters. The molecule has 0 aliphatic carbocycles. The Morgan fingerprint density at radius 3 is 1.44 bits per heavy atom. The molecule has 0 aromatic carbocycles. The molecule has 2 N–H and O–H groups in total. The van der Waals surface area contributed by atoms with Gasteiger partial charge in [0.2, 0.25) is 0 Å². The van der Waals surface area contributed by atoms with Crippen LogP contribution in [-0.2, 0) is 14.4 Å². The number of carbonyl (C=O) groups is 3. The van der Waals surface area contributed by atoms with Crippen LogP contribution in [0.4, 0.5) is 0 Å². The molecule has 0 aliphatic heterocycles. The topological polar surface area (TPSA) is 138 Å². The van der Waals surface area contributed by atoms with Crippen LogP contribution in [0.1, 0.15) is 12.8 Å². The number of hydrogen-bond donors (Lipinski definition) is 2. The summed E-state index contributed by atoms with van der Waals surface area (Å²) in [7, 11) is 0. The van der Waals surface area contributed by atoms with E-state index in [-0.39, 0.29) is 72.0 Å². The van der Waals surface area contributed by atoms with Crippen LogP contribution in [0.25, 0.3) is 0 Å². The third kappa shape index (κ3) is 9.76. The molecule has 0 saturated heterocycles. The summed E-state index contributed by atoms with van der Waals surface area (Å²) in [6, 6.07) is 0. The number of carboxylic acid groups (broad SMARTS) is 3. The molecular weight excluding hydrogens is 266 g/mol. The molecule has 0 spiro atoms. The van der Waals surface area contributed by atoms with Crippen molar-refractivity contribution in [3.8, 4) is 0 Å². The molecule has 0 radical (unpaired) electrons. The fourth-order valence-corrected chi connectivity index (χ4v) is 0.691. The van der Waals surface area contributed by atoms with Gasteiger partial charge in [-0.2, -0.15) is 0 Å². The van der Waals surface area contributed by atoms with Gasteiger partial charge in [0.25, 0.3) is 0 Å². The summed E-state index contributed by atoms with van der Waals surface area (Å²) >= 11 is 0. The Balaban J connectivity index is -0.000000240. The summed E-state index contributed by atoms with van der Waals surface area (Å²) in [5, 5.41) is 37.2. The molecule has 0 aliphatic rings. The number of aliphatic hydroxyl groups is 1. The number of carboxylic acids is 3. The second-order valence-corrected chi connectivity index (χ2v) is 2.43. The van der Waals surface area contributed by atoms with Crippen molar-refractivity contribution >= 4 is 55.6 Å².